The summed E-state index contributed by atoms with van der Waals surface area (Å²) in [4.78, 5) is 19.1. The number of guanidine groups is 1. The van der Waals surface area contributed by atoms with Gasteiger partial charge in [0.25, 0.3) is 0 Å². The molecular weight excluding hydrogens is 503 g/mol. The molecule has 0 aromatic heterocycles. The van der Waals surface area contributed by atoms with Crippen LogP contribution in [0.1, 0.15) is 51.5 Å². The van der Waals surface area contributed by atoms with Crippen LogP contribution >= 0.6 is 24.0 Å². The lowest BCUT2D eigenvalue weighted by molar-refractivity contribution is -0.130. The molecule has 1 aromatic carbocycles. The lowest BCUT2D eigenvalue weighted by Crippen LogP contribution is -2.43. The minimum absolute atomic E-state index is 0. The first-order valence-electron chi connectivity index (χ1n) is 11.6. The molecule has 1 aromatic rings. The fraction of sp³-hybridized carbons (Fsp3) is 0.667. The van der Waals surface area contributed by atoms with Gasteiger partial charge in [0.1, 0.15) is 6.54 Å². The predicted molar refractivity (Wildman–Crippen MR) is 139 cm³/mol. The van der Waals surface area contributed by atoms with Crippen molar-refractivity contribution in [3.05, 3.63) is 35.9 Å². The number of carbonyl (C=O) groups is 1. The van der Waals surface area contributed by atoms with Crippen LogP contribution in [0, 0.1) is 11.8 Å². The summed E-state index contributed by atoms with van der Waals surface area (Å²) in [6.07, 6.45) is 6.17. The van der Waals surface area contributed by atoms with E-state index < -0.39 is 0 Å². The van der Waals surface area contributed by atoms with Gasteiger partial charge in [-0.25, -0.2) is 4.99 Å². The lowest BCUT2D eigenvalue weighted by Gasteiger charge is -2.32. The maximum Gasteiger partial charge on any atom is 0.244 e. The van der Waals surface area contributed by atoms with Crippen LogP contribution in [0.2, 0.25) is 0 Å². The van der Waals surface area contributed by atoms with E-state index in [9.17, 15) is 9.90 Å². The Kier molecular flexibility index (Phi) is 14.6. The van der Waals surface area contributed by atoms with Crippen molar-refractivity contribution in [2.75, 3.05) is 39.3 Å². The van der Waals surface area contributed by atoms with Gasteiger partial charge < -0.3 is 20.6 Å². The molecule has 6 nitrogen and oxygen atoms in total. The topological polar surface area (TPSA) is 77.0 Å². The van der Waals surface area contributed by atoms with Crippen molar-refractivity contribution in [3.8, 4) is 0 Å². The highest BCUT2D eigenvalue weighted by Gasteiger charge is 2.22. The zero-order chi connectivity index (χ0) is 21.6. The van der Waals surface area contributed by atoms with E-state index in [0.717, 1.165) is 64.7 Å². The number of amides is 1. The second-order valence-electron chi connectivity index (χ2n) is 8.26. The fourth-order valence-electron chi connectivity index (χ4n) is 4.10. The molecule has 0 radical (unpaired) electrons. The van der Waals surface area contributed by atoms with Gasteiger partial charge in [0, 0.05) is 32.8 Å². The number of rotatable bonds is 11. The van der Waals surface area contributed by atoms with Crippen molar-refractivity contribution >= 4 is 35.8 Å². The molecule has 3 N–H and O–H groups in total. The van der Waals surface area contributed by atoms with E-state index in [4.69, 9.17) is 0 Å². The second kappa shape index (κ2) is 16.3. The zero-order valence-electron chi connectivity index (χ0n) is 19.2. The summed E-state index contributed by atoms with van der Waals surface area (Å²) in [7, 11) is 0. The molecule has 176 valence electrons. The van der Waals surface area contributed by atoms with Crippen LogP contribution in [0.15, 0.2) is 35.3 Å². The highest BCUT2D eigenvalue weighted by molar-refractivity contribution is 14.0. The average molecular weight is 545 g/mol. The van der Waals surface area contributed by atoms with Crippen molar-refractivity contribution in [3.63, 3.8) is 0 Å². The van der Waals surface area contributed by atoms with Crippen molar-refractivity contribution in [2.45, 2.75) is 52.4 Å². The molecule has 31 heavy (non-hydrogen) atoms. The monoisotopic (exact) mass is 544 g/mol. The number of benzene rings is 1. The molecule has 1 unspecified atom stereocenters. The third kappa shape index (κ3) is 10.7. The number of nitrogens with zero attached hydrogens (tertiary/aromatic N) is 2. The Morgan fingerprint density at radius 1 is 1.16 bits per heavy atom. The Hall–Kier alpha value is -1.35. The third-order valence-corrected chi connectivity index (χ3v) is 5.84. The van der Waals surface area contributed by atoms with Gasteiger partial charge in [0.05, 0.1) is 0 Å². The number of nitrogens with one attached hydrogen (secondary N) is 2. The van der Waals surface area contributed by atoms with Crippen molar-refractivity contribution in [1.82, 2.24) is 15.5 Å². The number of aliphatic hydroxyl groups excluding tert-OH is 1. The Morgan fingerprint density at radius 3 is 2.48 bits per heavy atom. The van der Waals surface area contributed by atoms with Gasteiger partial charge >= 0.3 is 0 Å². The molecule has 1 amide bonds. The van der Waals surface area contributed by atoms with E-state index in [1.54, 1.807) is 0 Å². The molecule has 1 fully saturated rings. The van der Waals surface area contributed by atoms with Gasteiger partial charge in [-0.05, 0) is 56.4 Å². The van der Waals surface area contributed by atoms with Crippen LogP contribution in [0.3, 0.4) is 0 Å². The van der Waals surface area contributed by atoms with Crippen LogP contribution < -0.4 is 10.6 Å². The van der Waals surface area contributed by atoms with Gasteiger partial charge in [-0.15, -0.1) is 24.0 Å². The Balaban J connectivity index is 0.00000480. The van der Waals surface area contributed by atoms with Gasteiger partial charge in [-0.2, -0.15) is 0 Å². The Bertz CT molecular complexity index is 628. The van der Waals surface area contributed by atoms with Crippen LogP contribution in [-0.4, -0.2) is 61.2 Å². The molecule has 1 aliphatic heterocycles. The minimum atomic E-state index is 0. The summed E-state index contributed by atoms with van der Waals surface area (Å²) in [5.74, 6) is 1.86. The number of piperidine rings is 1. The quantitative estimate of drug-likeness (QED) is 0.227. The zero-order valence-corrected chi connectivity index (χ0v) is 21.5. The smallest absolute Gasteiger partial charge is 0.244 e. The summed E-state index contributed by atoms with van der Waals surface area (Å²) in [5, 5.41) is 15.8. The number of hydrogen-bond donors (Lipinski definition) is 3. The maximum absolute atomic E-state index is 12.6. The van der Waals surface area contributed by atoms with Crippen molar-refractivity contribution < 1.29 is 9.90 Å². The maximum atomic E-state index is 12.6. The number of hydrogen-bond acceptors (Lipinski definition) is 3. The SMILES string of the molecule is CCCC(CCO)CNC(=NCC(=O)N1CCC(Cc2ccccc2)CC1)NCC.I. The third-order valence-electron chi connectivity index (χ3n) is 5.84. The first-order valence-corrected chi connectivity index (χ1v) is 11.6. The van der Waals surface area contributed by atoms with Crippen LogP contribution in [-0.2, 0) is 11.2 Å². The van der Waals surface area contributed by atoms with E-state index in [0.29, 0.717) is 17.8 Å². The predicted octanol–water partition coefficient (Wildman–Crippen LogP) is 3.44. The molecule has 0 spiro atoms. The first-order chi connectivity index (χ1) is 14.7. The molecule has 2 rings (SSSR count). The van der Waals surface area contributed by atoms with Crippen molar-refractivity contribution in [2.24, 2.45) is 16.8 Å². The van der Waals surface area contributed by atoms with E-state index in [1.807, 2.05) is 11.8 Å². The largest absolute Gasteiger partial charge is 0.396 e. The van der Waals surface area contributed by atoms with E-state index in [1.165, 1.54) is 5.56 Å². The molecule has 0 aliphatic carbocycles. The minimum Gasteiger partial charge on any atom is -0.396 e. The van der Waals surface area contributed by atoms with Crippen LogP contribution in [0.4, 0.5) is 0 Å². The molecule has 1 saturated heterocycles. The van der Waals surface area contributed by atoms with Gasteiger partial charge in [-0.3, -0.25) is 4.79 Å². The van der Waals surface area contributed by atoms with Gasteiger partial charge in [0.2, 0.25) is 5.91 Å². The summed E-state index contributed by atoms with van der Waals surface area (Å²) in [6, 6.07) is 10.6. The molecular formula is C24H41IN4O2. The molecule has 0 bridgehead atoms. The van der Waals surface area contributed by atoms with E-state index >= 15 is 0 Å². The fourth-order valence-corrected chi connectivity index (χ4v) is 4.10. The summed E-state index contributed by atoms with van der Waals surface area (Å²) < 4.78 is 0. The average Bonchev–Trinajstić information content (AvgIpc) is 2.77. The second-order valence-corrected chi connectivity index (χ2v) is 8.26. The molecule has 1 atom stereocenters. The number of aliphatic hydroxyl groups is 1. The Labute approximate surface area is 205 Å². The number of halogens is 1. The van der Waals surface area contributed by atoms with Gasteiger partial charge in [-0.1, -0.05) is 43.7 Å². The summed E-state index contributed by atoms with van der Waals surface area (Å²) >= 11 is 0. The normalized spacial score (nSPS) is 15.8. The summed E-state index contributed by atoms with van der Waals surface area (Å²) in [5.41, 5.74) is 1.39. The number of likely N-dealkylation sites (tertiary alicyclic amines) is 1. The molecule has 7 heteroatoms. The molecule has 1 aliphatic rings. The number of aliphatic imine (C=N–C) groups is 1. The van der Waals surface area contributed by atoms with E-state index in [2.05, 4.69) is 52.9 Å². The Morgan fingerprint density at radius 2 is 1.87 bits per heavy atom. The van der Waals surface area contributed by atoms with Crippen LogP contribution in [0.5, 0.6) is 0 Å². The van der Waals surface area contributed by atoms with E-state index in [-0.39, 0.29) is 43.0 Å². The number of carbonyl (C=O) groups excluding carboxylic acids is 1. The highest BCUT2D eigenvalue weighted by Crippen LogP contribution is 2.21. The van der Waals surface area contributed by atoms with Gasteiger partial charge in [0.15, 0.2) is 5.96 Å². The standard InChI is InChI=1S/C24H40N4O2.HI/c1-3-8-22(13-16-29)18-26-24(25-4-2)27-19-23(30)28-14-11-21(12-15-28)17-20-9-6-5-7-10-20;/h5-7,9-10,21-22,29H,3-4,8,11-19H2,1-2H3,(H2,25,26,27);1H. The first kappa shape index (κ1) is 27.7. The summed E-state index contributed by atoms with van der Waals surface area (Å²) in [6.45, 7) is 7.73. The molecule has 1 heterocycles. The van der Waals surface area contributed by atoms with Crippen molar-refractivity contribution in [1.29, 1.82) is 0 Å². The molecule has 0 saturated carbocycles. The highest BCUT2D eigenvalue weighted by atomic mass is 127. The van der Waals surface area contributed by atoms with Crippen LogP contribution in [0.25, 0.3) is 0 Å². The lowest BCUT2D eigenvalue weighted by atomic mass is 9.90.